The first kappa shape index (κ1) is 16.2. The summed E-state index contributed by atoms with van der Waals surface area (Å²) in [5.41, 5.74) is 2.86. The maximum absolute atomic E-state index is 9.00. The second-order valence-electron chi connectivity index (χ2n) is 11.4. The van der Waals surface area contributed by atoms with Crippen LogP contribution in [0.3, 0.4) is 0 Å². The molecule has 228 valence electrons. The first-order chi connectivity index (χ1) is 30.2. The maximum Gasteiger partial charge on any atom is 0.260 e. The highest BCUT2D eigenvalue weighted by molar-refractivity contribution is 6.98. The van der Waals surface area contributed by atoms with Crippen molar-refractivity contribution in [1.82, 2.24) is 0 Å². The molecule has 0 atom stereocenters. The van der Waals surface area contributed by atoms with Gasteiger partial charge in [-0.3, -0.25) is 0 Å². The predicted octanol–water partition coefficient (Wildman–Crippen LogP) is 9.83. The van der Waals surface area contributed by atoms with Gasteiger partial charge >= 0.3 is 0 Å². The van der Waals surface area contributed by atoms with Crippen molar-refractivity contribution in [2.24, 2.45) is 0 Å². The molecule has 7 aromatic rings. The van der Waals surface area contributed by atoms with E-state index in [-0.39, 0.29) is 28.3 Å². The van der Waals surface area contributed by atoms with Crippen LogP contribution in [0.4, 0.5) is 17.1 Å². The molecule has 2 aliphatic heterocycles. The Bertz CT molecular complexity index is 2870. The van der Waals surface area contributed by atoms with E-state index in [2.05, 4.69) is 0 Å². The van der Waals surface area contributed by atoms with Gasteiger partial charge in [0.1, 0.15) is 23.0 Å². The number of nitrogens with zero attached hydrogens (tertiary/aromatic N) is 1. The van der Waals surface area contributed by atoms with E-state index in [0.717, 1.165) is 4.90 Å². The Morgan fingerprint density at radius 3 is 1.48 bits per heavy atom. The molecule has 0 aliphatic carbocycles. The van der Waals surface area contributed by atoms with E-state index in [1.165, 1.54) is 24.3 Å². The van der Waals surface area contributed by atoms with E-state index in [4.69, 9.17) is 31.4 Å². The number of anilines is 3. The van der Waals surface area contributed by atoms with Crippen LogP contribution in [0.15, 0.2) is 157 Å². The number of fused-ring (bicyclic) bond motifs is 4. The molecular formula is C44H32BNO2. The predicted molar refractivity (Wildman–Crippen MR) is 199 cm³/mol. The molecule has 4 heteroatoms. The largest absolute Gasteiger partial charge is 0.458 e. The Kier molecular flexibility index (Phi) is 3.84. The first-order valence-electron chi connectivity index (χ1n) is 23.1. The fraction of sp³-hybridized carbons (Fsp3) is 0.0455. The molecule has 3 nitrogen and oxygen atoms in total. The second kappa shape index (κ2) is 11.4. The summed E-state index contributed by atoms with van der Waals surface area (Å²) in [6, 6.07) is 19.4. The third kappa shape index (κ3) is 4.68. The average molecular weight is 634 g/mol. The highest BCUT2D eigenvalue weighted by Gasteiger charge is 2.41. The van der Waals surface area contributed by atoms with Gasteiger partial charge in [-0.25, -0.2) is 0 Å². The SMILES string of the molecule is [2H]c1c([2H])c([2H])c(N(c2cc3c4c(c2)Oc2cc(-c5ccccc5C([2H])([2H])[2H])ccc2B4c2ccc(-c4ccccc4C([2H])([2H])[2H])cc2O3)c2c([2H])c([2H])c([2H])c([2H])c2[2H])c([2H])c1[2H]. The van der Waals surface area contributed by atoms with Crippen molar-refractivity contribution < 1.29 is 31.4 Å². The molecule has 0 radical (unpaired) electrons. The van der Waals surface area contributed by atoms with Crippen LogP contribution in [-0.4, -0.2) is 6.71 Å². The van der Waals surface area contributed by atoms with Crippen LogP contribution < -0.4 is 30.8 Å². The number of para-hydroxylation sites is 2. The third-order valence-corrected chi connectivity index (χ3v) is 8.62. The highest BCUT2D eigenvalue weighted by atomic mass is 16.5. The fourth-order valence-electron chi connectivity index (χ4n) is 6.49. The van der Waals surface area contributed by atoms with Gasteiger partial charge in [0.25, 0.3) is 6.71 Å². The summed E-state index contributed by atoms with van der Waals surface area (Å²) >= 11 is 0. The zero-order valence-corrected chi connectivity index (χ0v) is 25.1. The number of hydrogen-bond acceptors (Lipinski definition) is 3. The number of ether oxygens (including phenoxy) is 2. The molecule has 0 bridgehead atoms. The molecule has 0 spiro atoms. The smallest absolute Gasteiger partial charge is 0.260 e. The summed E-state index contributed by atoms with van der Waals surface area (Å²) in [6.45, 7) is -5.52. The van der Waals surface area contributed by atoms with Crippen LogP contribution in [0.1, 0.15) is 33.1 Å². The maximum atomic E-state index is 9.00. The molecule has 0 saturated carbocycles. The van der Waals surface area contributed by atoms with Crippen molar-refractivity contribution >= 4 is 40.2 Å². The minimum absolute atomic E-state index is 0.0655. The quantitative estimate of drug-likeness (QED) is 0.176. The molecule has 2 heterocycles. The lowest BCUT2D eigenvalue weighted by Gasteiger charge is -2.35. The fourth-order valence-corrected chi connectivity index (χ4v) is 6.49. The third-order valence-electron chi connectivity index (χ3n) is 8.62. The normalized spacial score (nSPS) is 17.5. The van der Waals surface area contributed by atoms with E-state index >= 15 is 0 Å². The van der Waals surface area contributed by atoms with Crippen molar-refractivity contribution in [2.75, 3.05) is 4.90 Å². The Balaban J connectivity index is 1.34. The molecule has 48 heavy (non-hydrogen) atoms. The summed E-state index contributed by atoms with van der Waals surface area (Å²) < 4.78 is 149. The van der Waals surface area contributed by atoms with Crippen LogP contribution in [0.25, 0.3) is 22.3 Å². The summed E-state index contributed by atoms with van der Waals surface area (Å²) in [6.07, 6.45) is 0. The summed E-state index contributed by atoms with van der Waals surface area (Å²) in [7, 11) is 0. The molecule has 0 fully saturated rings. The topological polar surface area (TPSA) is 21.7 Å². The number of hydrogen-bond donors (Lipinski definition) is 0. The summed E-state index contributed by atoms with van der Waals surface area (Å²) in [5, 5.41) is 0. The Labute approximate surface area is 304 Å². The van der Waals surface area contributed by atoms with Gasteiger partial charge in [0.05, 0.1) is 19.4 Å². The number of aryl methyl sites for hydroxylation is 2. The average Bonchev–Trinajstić information content (AvgIpc) is 3.27. The van der Waals surface area contributed by atoms with E-state index in [1.807, 2.05) is 12.1 Å². The Morgan fingerprint density at radius 2 is 1.00 bits per heavy atom. The van der Waals surface area contributed by atoms with E-state index in [9.17, 15) is 0 Å². The summed E-state index contributed by atoms with van der Waals surface area (Å²) in [5.74, 6) is 0.887. The Hall–Kier alpha value is -6.00. The van der Waals surface area contributed by atoms with Gasteiger partial charge in [-0.2, -0.15) is 0 Å². The standard InChI is InChI=1S/C44H32BNO2/c1-29-13-9-11-19-36(29)31-21-23-38-40(25-31)47-42-27-35(46(33-15-5-3-6-16-33)34-17-7-4-8-18-34)28-43-44(42)45(38)39-24-22-32(26-41(39)48-43)37-20-12-10-14-30(37)2/h3-28H,1-2H3/i1D3,2D3,3D,4D,5D,6D,7D,8D,15D,16D,17D,18D. The van der Waals surface area contributed by atoms with Crippen molar-refractivity contribution in [1.29, 1.82) is 0 Å². The lowest BCUT2D eigenvalue weighted by molar-refractivity contribution is 0.465. The van der Waals surface area contributed by atoms with E-state index in [0.29, 0.717) is 50.1 Å². The molecule has 0 aromatic heterocycles. The molecule has 7 aromatic carbocycles. The molecule has 9 rings (SSSR count). The molecule has 0 unspecified atom stereocenters. The summed E-state index contributed by atoms with van der Waals surface area (Å²) in [4.78, 5) is 1.01. The monoisotopic (exact) mass is 633 g/mol. The minimum Gasteiger partial charge on any atom is -0.458 e. The van der Waals surface area contributed by atoms with Crippen LogP contribution in [-0.2, 0) is 0 Å². The van der Waals surface area contributed by atoms with Gasteiger partial charge in [-0.15, -0.1) is 0 Å². The van der Waals surface area contributed by atoms with Gasteiger partial charge in [0.15, 0.2) is 0 Å². The van der Waals surface area contributed by atoms with Gasteiger partial charge in [0, 0.05) is 37.2 Å². The second-order valence-corrected chi connectivity index (χ2v) is 11.4. The molecule has 0 N–H and O–H groups in total. The van der Waals surface area contributed by atoms with Crippen molar-refractivity contribution in [3.05, 3.63) is 169 Å². The zero-order valence-electron chi connectivity index (χ0n) is 41.1. The zero-order chi connectivity index (χ0) is 45.9. The lowest BCUT2D eigenvalue weighted by Crippen LogP contribution is -2.57. The number of benzene rings is 7. The van der Waals surface area contributed by atoms with Crippen LogP contribution >= 0.6 is 0 Å². The van der Waals surface area contributed by atoms with Crippen LogP contribution in [0, 0.1) is 13.7 Å². The highest BCUT2D eigenvalue weighted by Crippen LogP contribution is 2.43. The number of rotatable bonds is 5. The van der Waals surface area contributed by atoms with Crippen molar-refractivity contribution in [3.63, 3.8) is 0 Å². The minimum atomic E-state index is -2.45. The van der Waals surface area contributed by atoms with E-state index in [1.54, 1.807) is 60.7 Å². The van der Waals surface area contributed by atoms with Crippen molar-refractivity contribution in [2.45, 2.75) is 13.7 Å². The lowest BCUT2D eigenvalue weighted by atomic mass is 9.34. The first-order valence-corrected chi connectivity index (χ1v) is 15.1. The molecule has 0 amide bonds. The van der Waals surface area contributed by atoms with Gasteiger partial charge in [-0.1, -0.05) is 109 Å². The van der Waals surface area contributed by atoms with Gasteiger partial charge in [0.2, 0.25) is 0 Å². The van der Waals surface area contributed by atoms with Crippen LogP contribution in [0.2, 0.25) is 0 Å². The molecule has 0 saturated heterocycles. The van der Waals surface area contributed by atoms with E-state index < -0.39 is 92.2 Å². The van der Waals surface area contributed by atoms with Gasteiger partial charge < -0.3 is 14.4 Å². The van der Waals surface area contributed by atoms with Gasteiger partial charge in [-0.05, 0) is 94.3 Å². The van der Waals surface area contributed by atoms with Crippen LogP contribution in [0.5, 0.6) is 23.0 Å². The van der Waals surface area contributed by atoms with Crippen molar-refractivity contribution in [3.8, 4) is 45.3 Å². The molecular weight excluding hydrogens is 585 g/mol. The Morgan fingerprint density at radius 1 is 0.521 bits per heavy atom. The molecule has 2 aliphatic rings.